The molecule has 0 unspecified atom stereocenters. The molecule has 30 heavy (non-hydrogen) atoms. The van der Waals surface area contributed by atoms with E-state index in [1.54, 1.807) is 6.21 Å². The Morgan fingerprint density at radius 1 is 1.03 bits per heavy atom. The topological polar surface area (TPSA) is 52.9 Å². The third kappa shape index (κ3) is 8.57. The Hall–Kier alpha value is -2.34. The van der Waals surface area contributed by atoms with E-state index in [1.165, 1.54) is 60.8 Å². The molecule has 0 N–H and O–H groups in total. The lowest BCUT2D eigenvalue weighted by Gasteiger charge is -2.13. The number of aryl methyl sites for hydroxylation is 2. The van der Waals surface area contributed by atoms with Crippen molar-refractivity contribution in [3.8, 4) is 10.9 Å². The summed E-state index contributed by atoms with van der Waals surface area (Å²) in [6.07, 6.45) is 12.7. The number of nitrogens with zero attached hydrogens (tertiary/aromatic N) is 2. The minimum absolute atomic E-state index is 0.629. The van der Waals surface area contributed by atoms with Gasteiger partial charge in [0.25, 0.3) is 5.19 Å². The van der Waals surface area contributed by atoms with Crippen LogP contribution in [0.15, 0.2) is 34.8 Å². The molecule has 0 atom stereocenters. The van der Waals surface area contributed by atoms with Crippen LogP contribution in [0.4, 0.5) is 0 Å². The van der Waals surface area contributed by atoms with Gasteiger partial charge < -0.3 is 14.3 Å². The highest BCUT2D eigenvalue weighted by atomic mass is 32.1. The van der Waals surface area contributed by atoms with Crippen LogP contribution in [-0.4, -0.2) is 31.5 Å². The predicted octanol–water partition coefficient (Wildman–Crippen LogP) is 6.27. The fraction of sp³-hybridized carbons (Fsp3) is 0.500. The normalized spacial score (nSPS) is 11.5. The van der Waals surface area contributed by atoms with Crippen molar-refractivity contribution in [2.75, 3.05) is 20.3 Å². The molecule has 0 aliphatic carbocycles. The Bertz CT molecular complexity index is 792. The number of aromatic nitrogens is 1. The number of ether oxygens (including phenoxy) is 2. The molecular formula is C24H34N2O3S. The van der Waals surface area contributed by atoms with Crippen molar-refractivity contribution in [3.05, 3.63) is 52.0 Å². The lowest BCUT2D eigenvalue weighted by molar-refractivity contribution is 0.215. The minimum Gasteiger partial charge on any atom is -0.490 e. The minimum atomic E-state index is 0.629. The predicted molar refractivity (Wildman–Crippen MR) is 125 cm³/mol. The average molecular weight is 431 g/mol. The molecule has 5 nitrogen and oxygen atoms in total. The van der Waals surface area contributed by atoms with Gasteiger partial charge in [-0.15, -0.1) is 0 Å². The van der Waals surface area contributed by atoms with Crippen molar-refractivity contribution in [1.82, 2.24) is 4.98 Å². The highest BCUT2D eigenvalue weighted by molar-refractivity contribution is 7.11. The summed E-state index contributed by atoms with van der Waals surface area (Å²) in [6, 6.07) is 4.32. The number of benzene rings is 1. The summed E-state index contributed by atoms with van der Waals surface area (Å²) in [6.45, 7) is 7.72. The monoisotopic (exact) mass is 430 g/mol. The second kappa shape index (κ2) is 13.8. The Labute approximate surface area is 184 Å². The van der Waals surface area contributed by atoms with Crippen molar-refractivity contribution < 1.29 is 14.3 Å². The van der Waals surface area contributed by atoms with Crippen LogP contribution < -0.4 is 9.47 Å². The molecule has 2 rings (SSSR count). The lowest BCUT2D eigenvalue weighted by Crippen LogP contribution is -1.99. The molecule has 6 heteroatoms. The van der Waals surface area contributed by atoms with Crippen LogP contribution in [0.1, 0.15) is 61.4 Å². The van der Waals surface area contributed by atoms with Crippen molar-refractivity contribution in [2.24, 2.45) is 5.16 Å². The molecule has 0 radical (unpaired) electrons. The van der Waals surface area contributed by atoms with E-state index in [-0.39, 0.29) is 0 Å². The van der Waals surface area contributed by atoms with Gasteiger partial charge in [0, 0.05) is 5.38 Å². The maximum Gasteiger partial charge on any atom is 0.273 e. The molecule has 1 aromatic heterocycles. The molecular weight excluding hydrogens is 396 g/mol. The Morgan fingerprint density at radius 3 is 2.50 bits per heavy atom. The lowest BCUT2D eigenvalue weighted by atomic mass is 9.96. The Balaban J connectivity index is 1.60. The van der Waals surface area contributed by atoms with E-state index in [4.69, 9.17) is 9.47 Å². The largest absolute Gasteiger partial charge is 0.490 e. The summed E-state index contributed by atoms with van der Waals surface area (Å²) in [5, 5.41) is 6.30. The number of rotatable bonds is 14. The fourth-order valence-corrected chi connectivity index (χ4v) is 3.91. The van der Waals surface area contributed by atoms with Gasteiger partial charge in [0.15, 0.2) is 0 Å². The number of thiazole rings is 1. The standard InChI is InChI=1S/C24H34N2O3S/c1-5-6-13-28-22-15-19(2)23(20(3)16-22)12-10-8-7-9-11-14-29-24-26-21(18-30-24)17-25-27-4/h5-6,15-18H,7-14H2,1-4H3/b6-5+,25-17+. The van der Waals surface area contributed by atoms with Gasteiger partial charge in [-0.1, -0.05) is 47.9 Å². The summed E-state index contributed by atoms with van der Waals surface area (Å²) >= 11 is 1.49. The second-order valence-corrected chi connectivity index (χ2v) is 8.06. The van der Waals surface area contributed by atoms with Crippen LogP contribution in [0.25, 0.3) is 0 Å². The van der Waals surface area contributed by atoms with Gasteiger partial charge in [-0.25, -0.2) is 4.98 Å². The van der Waals surface area contributed by atoms with E-state index in [9.17, 15) is 0 Å². The maximum absolute atomic E-state index is 5.78. The smallest absolute Gasteiger partial charge is 0.273 e. The summed E-state index contributed by atoms with van der Waals surface area (Å²) in [5.74, 6) is 0.963. The molecule has 0 bridgehead atoms. The molecule has 0 aliphatic rings. The van der Waals surface area contributed by atoms with E-state index in [0.717, 1.165) is 24.3 Å². The summed E-state index contributed by atoms with van der Waals surface area (Å²) in [5.41, 5.74) is 4.89. The van der Waals surface area contributed by atoms with Crippen molar-refractivity contribution in [3.63, 3.8) is 0 Å². The highest BCUT2D eigenvalue weighted by Crippen LogP contribution is 2.24. The molecule has 1 heterocycles. The number of allylic oxidation sites excluding steroid dienone is 1. The van der Waals surface area contributed by atoms with Gasteiger partial charge in [0.2, 0.25) is 0 Å². The van der Waals surface area contributed by atoms with Gasteiger partial charge in [-0.05, 0) is 68.9 Å². The molecule has 0 amide bonds. The second-order valence-electron chi connectivity index (χ2n) is 7.24. The van der Waals surface area contributed by atoms with Crippen molar-refractivity contribution in [1.29, 1.82) is 0 Å². The van der Waals surface area contributed by atoms with E-state index in [2.05, 4.69) is 41.0 Å². The first-order valence-electron chi connectivity index (χ1n) is 10.6. The first kappa shape index (κ1) is 23.9. The van der Waals surface area contributed by atoms with Crippen LogP contribution in [0.3, 0.4) is 0 Å². The summed E-state index contributed by atoms with van der Waals surface area (Å²) in [4.78, 5) is 8.98. The van der Waals surface area contributed by atoms with E-state index in [1.807, 2.05) is 24.5 Å². The van der Waals surface area contributed by atoms with Gasteiger partial charge in [0.1, 0.15) is 19.5 Å². The third-order valence-electron chi connectivity index (χ3n) is 4.84. The van der Waals surface area contributed by atoms with Crippen molar-refractivity contribution >= 4 is 17.6 Å². The first-order chi connectivity index (χ1) is 14.6. The third-order valence-corrected chi connectivity index (χ3v) is 5.61. The average Bonchev–Trinajstić information content (AvgIpc) is 3.18. The Morgan fingerprint density at radius 2 is 1.77 bits per heavy atom. The number of unbranched alkanes of at least 4 members (excludes halogenated alkanes) is 4. The maximum atomic E-state index is 5.78. The van der Waals surface area contributed by atoms with Gasteiger partial charge in [-0.3, -0.25) is 0 Å². The number of hydrogen-bond acceptors (Lipinski definition) is 6. The van der Waals surface area contributed by atoms with E-state index in [0.29, 0.717) is 18.4 Å². The van der Waals surface area contributed by atoms with Crippen LogP contribution in [0, 0.1) is 13.8 Å². The zero-order valence-corrected chi connectivity index (χ0v) is 19.5. The molecule has 2 aromatic rings. The highest BCUT2D eigenvalue weighted by Gasteiger charge is 2.06. The molecule has 0 fully saturated rings. The zero-order chi connectivity index (χ0) is 21.6. The van der Waals surface area contributed by atoms with Gasteiger partial charge >= 0.3 is 0 Å². The molecule has 0 spiro atoms. The van der Waals surface area contributed by atoms with Crippen molar-refractivity contribution in [2.45, 2.75) is 59.3 Å². The zero-order valence-electron chi connectivity index (χ0n) is 18.6. The quantitative estimate of drug-likeness (QED) is 0.153. The SMILES string of the molecule is C/C=C/COc1cc(C)c(CCCCCCCOc2nc(/C=N/OC)cs2)c(C)c1. The molecule has 1 aromatic carbocycles. The first-order valence-corrected chi connectivity index (χ1v) is 11.5. The van der Waals surface area contributed by atoms with Gasteiger partial charge in [-0.2, -0.15) is 0 Å². The molecule has 164 valence electrons. The Kier molecular flexibility index (Phi) is 11.0. The van der Waals surface area contributed by atoms with E-state index < -0.39 is 0 Å². The van der Waals surface area contributed by atoms with E-state index >= 15 is 0 Å². The molecule has 0 saturated carbocycles. The number of oxime groups is 1. The molecule has 0 saturated heterocycles. The van der Waals surface area contributed by atoms with Crippen LogP contribution in [-0.2, 0) is 11.3 Å². The van der Waals surface area contributed by atoms with Gasteiger partial charge in [0.05, 0.1) is 18.5 Å². The molecule has 0 aliphatic heterocycles. The van der Waals surface area contributed by atoms with Crippen LogP contribution in [0.5, 0.6) is 10.9 Å². The fourth-order valence-electron chi connectivity index (χ4n) is 3.27. The van der Waals surface area contributed by atoms with Crippen LogP contribution in [0.2, 0.25) is 0 Å². The summed E-state index contributed by atoms with van der Waals surface area (Å²) in [7, 11) is 1.51. The van der Waals surface area contributed by atoms with Crippen LogP contribution >= 0.6 is 11.3 Å². The number of hydrogen-bond donors (Lipinski definition) is 0. The summed E-state index contributed by atoms with van der Waals surface area (Å²) < 4.78 is 11.5.